The minimum Gasteiger partial charge on any atom is -0.497 e. The molecule has 0 N–H and O–H groups in total. The number of methoxy groups -OCH3 is 1. The molecule has 0 saturated carbocycles. The van der Waals surface area contributed by atoms with Gasteiger partial charge in [-0.2, -0.15) is 0 Å². The van der Waals surface area contributed by atoms with E-state index in [1.165, 1.54) is 11.3 Å². The highest BCUT2D eigenvalue weighted by molar-refractivity contribution is 7.22. The van der Waals surface area contributed by atoms with Crippen LogP contribution in [0.1, 0.15) is 36.7 Å². The SMILES string of the molecule is CCOc1cc(C(=O)N(Cc2ccccc2)c2nc3ccc(OC)cc3s2)cc(OCC)c1OCC. The van der Waals surface area contributed by atoms with E-state index in [-0.39, 0.29) is 5.91 Å². The molecule has 0 saturated heterocycles. The van der Waals surface area contributed by atoms with Crippen molar-refractivity contribution in [2.24, 2.45) is 0 Å². The topological polar surface area (TPSA) is 70.1 Å². The van der Waals surface area contributed by atoms with E-state index in [0.29, 0.717) is 54.3 Å². The monoisotopic (exact) mass is 506 g/mol. The number of carbonyl (C=O) groups is 1. The number of aromatic nitrogens is 1. The highest BCUT2D eigenvalue weighted by Gasteiger charge is 2.25. The van der Waals surface area contributed by atoms with Crippen molar-refractivity contribution in [2.75, 3.05) is 31.8 Å². The van der Waals surface area contributed by atoms with Crippen LogP contribution in [0, 0.1) is 0 Å². The minimum atomic E-state index is -0.213. The smallest absolute Gasteiger partial charge is 0.260 e. The quantitative estimate of drug-likeness (QED) is 0.236. The second kappa shape index (κ2) is 11.8. The van der Waals surface area contributed by atoms with Gasteiger partial charge in [-0.05, 0) is 56.7 Å². The molecule has 8 heteroatoms. The Morgan fingerprint density at radius 2 is 1.56 bits per heavy atom. The van der Waals surface area contributed by atoms with Crippen LogP contribution in [0.25, 0.3) is 10.2 Å². The van der Waals surface area contributed by atoms with Crippen molar-refractivity contribution in [2.45, 2.75) is 27.3 Å². The number of thiazole rings is 1. The summed E-state index contributed by atoms with van der Waals surface area (Å²) in [6.45, 7) is 7.34. The molecule has 0 atom stereocenters. The van der Waals surface area contributed by atoms with E-state index < -0.39 is 0 Å². The lowest BCUT2D eigenvalue weighted by Crippen LogP contribution is -2.30. The van der Waals surface area contributed by atoms with Crippen LogP contribution in [0.4, 0.5) is 5.13 Å². The summed E-state index contributed by atoms with van der Waals surface area (Å²) in [5, 5.41) is 0.594. The van der Waals surface area contributed by atoms with E-state index >= 15 is 0 Å². The van der Waals surface area contributed by atoms with Gasteiger partial charge in [-0.3, -0.25) is 9.69 Å². The molecule has 3 aromatic carbocycles. The van der Waals surface area contributed by atoms with Gasteiger partial charge in [-0.1, -0.05) is 41.7 Å². The Morgan fingerprint density at radius 3 is 2.17 bits per heavy atom. The first-order chi connectivity index (χ1) is 17.6. The predicted molar refractivity (Wildman–Crippen MR) is 143 cm³/mol. The van der Waals surface area contributed by atoms with Gasteiger partial charge in [0.2, 0.25) is 5.75 Å². The van der Waals surface area contributed by atoms with Gasteiger partial charge in [0.05, 0.1) is 43.7 Å². The number of nitrogens with zero attached hydrogens (tertiary/aromatic N) is 2. The number of hydrogen-bond donors (Lipinski definition) is 0. The van der Waals surface area contributed by atoms with Crippen LogP contribution >= 0.6 is 11.3 Å². The molecule has 0 aliphatic rings. The fourth-order valence-corrected chi connectivity index (χ4v) is 4.79. The number of carbonyl (C=O) groups excluding carboxylic acids is 1. The summed E-state index contributed by atoms with van der Waals surface area (Å²) in [5.74, 6) is 1.98. The molecule has 36 heavy (non-hydrogen) atoms. The van der Waals surface area contributed by atoms with Crippen molar-refractivity contribution in [3.8, 4) is 23.0 Å². The molecule has 0 aliphatic carbocycles. The molecule has 1 amide bonds. The molecule has 4 rings (SSSR count). The van der Waals surface area contributed by atoms with Crippen molar-refractivity contribution in [3.63, 3.8) is 0 Å². The van der Waals surface area contributed by atoms with E-state index in [2.05, 4.69) is 0 Å². The molecular weight excluding hydrogens is 476 g/mol. The van der Waals surface area contributed by atoms with E-state index in [9.17, 15) is 4.79 Å². The van der Waals surface area contributed by atoms with Gasteiger partial charge in [-0.25, -0.2) is 4.98 Å². The summed E-state index contributed by atoms with van der Waals surface area (Å²) >= 11 is 1.44. The lowest BCUT2D eigenvalue weighted by molar-refractivity contribution is 0.0984. The molecular formula is C28H30N2O5S. The first-order valence-electron chi connectivity index (χ1n) is 11.9. The van der Waals surface area contributed by atoms with Gasteiger partial charge in [0.25, 0.3) is 5.91 Å². The third-order valence-corrected chi connectivity index (χ3v) is 6.44. The van der Waals surface area contributed by atoms with Crippen molar-refractivity contribution < 1.29 is 23.7 Å². The van der Waals surface area contributed by atoms with Crippen LogP contribution in [0.5, 0.6) is 23.0 Å². The third-order valence-electron chi connectivity index (χ3n) is 5.40. The average Bonchev–Trinajstić information content (AvgIpc) is 3.32. The summed E-state index contributed by atoms with van der Waals surface area (Å²) in [7, 11) is 1.63. The second-order valence-corrected chi connectivity index (χ2v) is 8.82. The van der Waals surface area contributed by atoms with Gasteiger partial charge >= 0.3 is 0 Å². The maximum absolute atomic E-state index is 14.0. The molecule has 0 radical (unpaired) electrons. The van der Waals surface area contributed by atoms with Crippen molar-refractivity contribution in [1.29, 1.82) is 0 Å². The normalized spacial score (nSPS) is 10.8. The van der Waals surface area contributed by atoms with Crippen LogP contribution in [0.3, 0.4) is 0 Å². The third kappa shape index (κ3) is 5.54. The molecule has 0 aliphatic heterocycles. The molecule has 0 unspecified atom stereocenters. The summed E-state index contributed by atoms with van der Waals surface area (Å²) < 4.78 is 23.8. The Kier molecular flexibility index (Phi) is 8.28. The van der Waals surface area contributed by atoms with Crippen LogP contribution in [-0.4, -0.2) is 37.8 Å². The molecule has 1 heterocycles. The average molecular weight is 507 g/mol. The minimum absolute atomic E-state index is 0.213. The van der Waals surface area contributed by atoms with Gasteiger partial charge < -0.3 is 18.9 Å². The highest BCUT2D eigenvalue weighted by atomic mass is 32.1. The Hall–Kier alpha value is -3.78. The second-order valence-electron chi connectivity index (χ2n) is 7.81. The zero-order valence-corrected chi connectivity index (χ0v) is 21.8. The number of anilines is 1. The number of amides is 1. The standard InChI is InChI=1S/C28H30N2O5S/c1-5-33-23-15-20(16-24(34-6-2)26(23)35-7-3)27(31)30(18-19-11-9-8-10-12-19)28-29-22-14-13-21(32-4)17-25(22)36-28/h8-17H,5-7,18H2,1-4H3. The van der Waals surface area contributed by atoms with E-state index in [4.69, 9.17) is 23.9 Å². The zero-order valence-electron chi connectivity index (χ0n) is 20.9. The molecule has 1 aromatic heterocycles. The maximum Gasteiger partial charge on any atom is 0.260 e. The van der Waals surface area contributed by atoms with Gasteiger partial charge in [-0.15, -0.1) is 0 Å². The van der Waals surface area contributed by atoms with Crippen molar-refractivity contribution in [3.05, 3.63) is 71.8 Å². The lowest BCUT2D eigenvalue weighted by atomic mass is 10.1. The number of hydrogen-bond acceptors (Lipinski definition) is 7. The number of benzene rings is 3. The van der Waals surface area contributed by atoms with Gasteiger partial charge in [0.15, 0.2) is 16.6 Å². The van der Waals surface area contributed by atoms with E-state index in [0.717, 1.165) is 21.5 Å². The number of ether oxygens (including phenoxy) is 4. The molecule has 0 spiro atoms. The van der Waals surface area contributed by atoms with Crippen LogP contribution in [0.2, 0.25) is 0 Å². The fraction of sp³-hybridized carbons (Fsp3) is 0.286. The molecule has 4 aromatic rings. The van der Waals surface area contributed by atoms with Crippen LogP contribution < -0.4 is 23.8 Å². The maximum atomic E-state index is 14.0. The molecule has 0 bridgehead atoms. The molecule has 7 nitrogen and oxygen atoms in total. The van der Waals surface area contributed by atoms with Crippen molar-refractivity contribution >= 4 is 32.6 Å². The zero-order chi connectivity index (χ0) is 25.5. The summed E-state index contributed by atoms with van der Waals surface area (Å²) in [5.41, 5.74) is 2.22. The lowest BCUT2D eigenvalue weighted by Gasteiger charge is -2.22. The Morgan fingerprint density at radius 1 is 0.889 bits per heavy atom. The summed E-state index contributed by atoms with van der Waals surface area (Å²) in [6, 6.07) is 19.0. The first-order valence-corrected chi connectivity index (χ1v) is 12.8. The Balaban J connectivity index is 1.81. The summed E-state index contributed by atoms with van der Waals surface area (Å²) in [6.07, 6.45) is 0. The fourth-order valence-electron chi connectivity index (χ4n) is 3.80. The van der Waals surface area contributed by atoms with Crippen LogP contribution in [0.15, 0.2) is 60.7 Å². The van der Waals surface area contributed by atoms with E-state index in [1.807, 2.05) is 69.3 Å². The summed E-state index contributed by atoms with van der Waals surface area (Å²) in [4.78, 5) is 20.5. The molecule has 188 valence electrons. The Bertz CT molecular complexity index is 1300. The number of rotatable bonds is 11. The predicted octanol–water partition coefficient (Wildman–Crippen LogP) is 6.35. The van der Waals surface area contributed by atoms with Crippen LogP contribution in [-0.2, 0) is 6.54 Å². The van der Waals surface area contributed by atoms with E-state index in [1.54, 1.807) is 24.1 Å². The highest BCUT2D eigenvalue weighted by Crippen LogP contribution is 2.40. The van der Waals surface area contributed by atoms with Gasteiger partial charge in [0, 0.05) is 5.56 Å². The van der Waals surface area contributed by atoms with Crippen molar-refractivity contribution in [1.82, 2.24) is 4.98 Å². The number of fused-ring (bicyclic) bond motifs is 1. The van der Waals surface area contributed by atoms with Gasteiger partial charge in [0.1, 0.15) is 5.75 Å². The Labute approximate surface area is 215 Å². The first kappa shape index (κ1) is 25.3. The largest absolute Gasteiger partial charge is 0.497 e. The molecule has 0 fully saturated rings.